The molecular weight excluding hydrogens is 289 g/mol. The molecule has 1 amide bonds. The molecule has 0 saturated heterocycles. The van der Waals surface area contributed by atoms with E-state index in [1.807, 2.05) is 0 Å². The number of carboxylic acid groups (broad SMARTS) is 1. The predicted octanol–water partition coefficient (Wildman–Crippen LogP) is 3.60. The summed E-state index contributed by atoms with van der Waals surface area (Å²) in [6.45, 7) is 4.81. The number of rotatable bonds is 4. The third kappa shape index (κ3) is 3.61. The fraction of sp³-hybridized carbons (Fsp3) is 0.385. The lowest BCUT2D eigenvalue weighted by molar-refractivity contribution is -0.145. The molecule has 19 heavy (non-hydrogen) atoms. The van der Waals surface area contributed by atoms with Gasteiger partial charge in [-0.25, -0.2) is 0 Å². The highest BCUT2D eigenvalue weighted by Crippen LogP contribution is 2.33. The van der Waals surface area contributed by atoms with Gasteiger partial charge in [-0.2, -0.15) is 0 Å². The SMILES string of the molecule is Cc1ccc(Cl)c(NC(=O)C(C)C(C)C(=O)O)c1Cl. The van der Waals surface area contributed by atoms with Gasteiger partial charge in [-0.3, -0.25) is 9.59 Å². The first-order valence-corrected chi connectivity index (χ1v) is 6.49. The predicted molar refractivity (Wildman–Crippen MR) is 75.8 cm³/mol. The lowest BCUT2D eigenvalue weighted by Crippen LogP contribution is -2.30. The molecule has 0 spiro atoms. The Labute approximate surface area is 121 Å². The molecule has 4 nitrogen and oxygen atoms in total. The average Bonchev–Trinajstić information content (AvgIpc) is 2.37. The van der Waals surface area contributed by atoms with Gasteiger partial charge in [-0.1, -0.05) is 43.1 Å². The number of hydrogen-bond donors (Lipinski definition) is 2. The molecule has 0 aliphatic heterocycles. The van der Waals surface area contributed by atoms with E-state index in [2.05, 4.69) is 5.32 Å². The molecule has 2 N–H and O–H groups in total. The maximum atomic E-state index is 12.0. The Morgan fingerprint density at radius 3 is 2.32 bits per heavy atom. The Hall–Kier alpha value is -1.26. The smallest absolute Gasteiger partial charge is 0.307 e. The van der Waals surface area contributed by atoms with E-state index in [1.54, 1.807) is 26.0 Å². The summed E-state index contributed by atoms with van der Waals surface area (Å²) < 4.78 is 0. The number of halogens is 2. The van der Waals surface area contributed by atoms with Crippen LogP contribution in [0, 0.1) is 18.8 Å². The molecule has 1 aromatic rings. The van der Waals surface area contributed by atoms with E-state index < -0.39 is 23.7 Å². The Morgan fingerprint density at radius 2 is 1.79 bits per heavy atom. The van der Waals surface area contributed by atoms with Gasteiger partial charge in [-0.15, -0.1) is 0 Å². The number of amides is 1. The molecule has 1 aromatic carbocycles. The number of anilines is 1. The normalized spacial score (nSPS) is 13.7. The molecule has 0 heterocycles. The summed E-state index contributed by atoms with van der Waals surface area (Å²) >= 11 is 12.1. The lowest BCUT2D eigenvalue weighted by atomic mass is 9.95. The number of carbonyl (C=O) groups is 2. The van der Waals surface area contributed by atoms with Gasteiger partial charge < -0.3 is 10.4 Å². The topological polar surface area (TPSA) is 66.4 Å². The average molecular weight is 304 g/mol. The van der Waals surface area contributed by atoms with E-state index in [4.69, 9.17) is 28.3 Å². The highest BCUT2D eigenvalue weighted by molar-refractivity contribution is 6.40. The maximum absolute atomic E-state index is 12.0. The first kappa shape index (κ1) is 15.8. The van der Waals surface area contributed by atoms with Crippen molar-refractivity contribution in [3.63, 3.8) is 0 Å². The molecule has 1 rings (SSSR count). The van der Waals surface area contributed by atoms with Crippen LogP contribution in [0.25, 0.3) is 0 Å². The van der Waals surface area contributed by atoms with Gasteiger partial charge in [-0.05, 0) is 18.6 Å². The summed E-state index contributed by atoms with van der Waals surface area (Å²) in [4.78, 5) is 22.8. The molecule has 0 saturated carbocycles. The van der Waals surface area contributed by atoms with Crippen LogP contribution in [0.5, 0.6) is 0 Å². The quantitative estimate of drug-likeness (QED) is 0.893. The summed E-state index contributed by atoms with van der Waals surface area (Å²) in [7, 11) is 0. The second-order valence-corrected chi connectivity index (χ2v) is 5.24. The second-order valence-electron chi connectivity index (χ2n) is 4.46. The van der Waals surface area contributed by atoms with Crippen LogP contribution < -0.4 is 5.32 Å². The van der Waals surface area contributed by atoms with Crippen molar-refractivity contribution in [2.24, 2.45) is 11.8 Å². The summed E-state index contributed by atoms with van der Waals surface area (Å²) in [5, 5.41) is 12.2. The highest BCUT2D eigenvalue weighted by atomic mass is 35.5. The number of benzene rings is 1. The standard InChI is InChI=1S/C13H15Cl2NO3/c1-6-4-5-9(14)11(10(6)15)16-12(17)7(2)8(3)13(18)19/h4-5,7-8H,1-3H3,(H,16,17)(H,18,19). The summed E-state index contributed by atoms with van der Waals surface area (Å²) in [5.41, 5.74) is 1.10. The van der Waals surface area contributed by atoms with Crippen LogP contribution in [0.4, 0.5) is 5.69 Å². The minimum atomic E-state index is -1.02. The van der Waals surface area contributed by atoms with Gasteiger partial charge in [0.2, 0.25) is 5.91 Å². The zero-order valence-corrected chi connectivity index (χ0v) is 12.3. The van der Waals surface area contributed by atoms with Crippen LogP contribution >= 0.6 is 23.2 Å². The molecule has 0 aliphatic rings. The molecular formula is C13H15Cl2NO3. The zero-order valence-electron chi connectivity index (χ0n) is 10.8. The summed E-state index contributed by atoms with van der Waals surface area (Å²) in [6, 6.07) is 3.37. The molecule has 6 heteroatoms. The zero-order chi connectivity index (χ0) is 14.7. The van der Waals surface area contributed by atoms with Crippen molar-refractivity contribution < 1.29 is 14.7 Å². The largest absolute Gasteiger partial charge is 0.481 e. The molecule has 0 aliphatic carbocycles. The minimum absolute atomic E-state index is 0.317. The van der Waals surface area contributed by atoms with Crippen molar-refractivity contribution in [3.05, 3.63) is 27.7 Å². The first-order valence-electron chi connectivity index (χ1n) is 5.74. The highest BCUT2D eigenvalue weighted by Gasteiger charge is 2.26. The number of nitrogens with one attached hydrogen (secondary N) is 1. The van der Waals surface area contributed by atoms with Crippen molar-refractivity contribution >= 4 is 40.8 Å². The molecule has 2 atom stereocenters. The van der Waals surface area contributed by atoms with Crippen molar-refractivity contribution in [1.82, 2.24) is 0 Å². The van der Waals surface area contributed by atoms with E-state index in [0.29, 0.717) is 15.7 Å². The van der Waals surface area contributed by atoms with Crippen molar-refractivity contribution in [2.75, 3.05) is 5.32 Å². The van der Waals surface area contributed by atoms with Crippen LogP contribution in [0.3, 0.4) is 0 Å². The van der Waals surface area contributed by atoms with Crippen molar-refractivity contribution in [3.8, 4) is 0 Å². The first-order chi connectivity index (χ1) is 8.75. The van der Waals surface area contributed by atoms with Crippen molar-refractivity contribution in [1.29, 1.82) is 0 Å². The van der Waals surface area contributed by atoms with E-state index in [0.717, 1.165) is 5.56 Å². The van der Waals surface area contributed by atoms with Gasteiger partial charge in [0.15, 0.2) is 0 Å². The molecule has 2 unspecified atom stereocenters. The Bertz CT molecular complexity index is 517. The Balaban J connectivity index is 2.95. The van der Waals surface area contributed by atoms with Crippen LogP contribution in [0.1, 0.15) is 19.4 Å². The summed E-state index contributed by atoms with van der Waals surface area (Å²) in [6.07, 6.45) is 0. The second kappa shape index (κ2) is 6.26. The Kier molecular flexibility index (Phi) is 5.20. The van der Waals surface area contributed by atoms with Gasteiger partial charge in [0.1, 0.15) is 0 Å². The molecule has 0 fully saturated rings. The van der Waals surface area contributed by atoms with E-state index in [9.17, 15) is 9.59 Å². The molecule has 104 valence electrons. The number of aryl methyl sites for hydroxylation is 1. The summed E-state index contributed by atoms with van der Waals surface area (Å²) in [5.74, 6) is -2.93. The molecule has 0 bridgehead atoms. The maximum Gasteiger partial charge on any atom is 0.307 e. The molecule has 0 aromatic heterocycles. The number of hydrogen-bond acceptors (Lipinski definition) is 2. The lowest BCUT2D eigenvalue weighted by Gasteiger charge is -2.17. The number of carboxylic acids is 1. The minimum Gasteiger partial charge on any atom is -0.481 e. The van der Waals surface area contributed by atoms with Crippen LogP contribution in [0.15, 0.2) is 12.1 Å². The third-order valence-corrected chi connectivity index (χ3v) is 3.89. The van der Waals surface area contributed by atoms with Gasteiger partial charge in [0, 0.05) is 5.92 Å². The van der Waals surface area contributed by atoms with Crippen LogP contribution in [-0.4, -0.2) is 17.0 Å². The third-order valence-electron chi connectivity index (χ3n) is 3.09. The number of aliphatic carboxylic acids is 1. The van der Waals surface area contributed by atoms with Gasteiger partial charge in [0.05, 0.1) is 21.7 Å². The van der Waals surface area contributed by atoms with E-state index in [1.165, 1.54) is 6.92 Å². The van der Waals surface area contributed by atoms with Crippen LogP contribution in [0.2, 0.25) is 10.0 Å². The van der Waals surface area contributed by atoms with Gasteiger partial charge >= 0.3 is 5.97 Å². The fourth-order valence-electron chi connectivity index (χ4n) is 1.45. The Morgan fingerprint density at radius 1 is 1.21 bits per heavy atom. The molecule has 0 radical (unpaired) electrons. The van der Waals surface area contributed by atoms with E-state index >= 15 is 0 Å². The van der Waals surface area contributed by atoms with Crippen LogP contribution in [-0.2, 0) is 9.59 Å². The van der Waals surface area contributed by atoms with Crippen molar-refractivity contribution in [2.45, 2.75) is 20.8 Å². The van der Waals surface area contributed by atoms with Gasteiger partial charge in [0.25, 0.3) is 0 Å². The fourth-order valence-corrected chi connectivity index (χ4v) is 1.91. The number of carbonyl (C=O) groups excluding carboxylic acids is 1. The monoisotopic (exact) mass is 303 g/mol. The van der Waals surface area contributed by atoms with E-state index in [-0.39, 0.29) is 0 Å².